The minimum absolute atomic E-state index is 0.118. The molecule has 0 bridgehead atoms. The number of nitro benzene ring substituents is 1. The minimum atomic E-state index is -0.370. The predicted molar refractivity (Wildman–Crippen MR) is 76.1 cm³/mol. The van der Waals surface area contributed by atoms with Gasteiger partial charge in [0.1, 0.15) is 0 Å². The molecule has 2 atom stereocenters. The van der Waals surface area contributed by atoms with Gasteiger partial charge in [0, 0.05) is 36.3 Å². The van der Waals surface area contributed by atoms with Crippen molar-refractivity contribution in [3.8, 4) is 0 Å². The van der Waals surface area contributed by atoms with E-state index in [1.54, 1.807) is 13.2 Å². The Morgan fingerprint density at radius 2 is 2.26 bits per heavy atom. The molecule has 1 fully saturated rings. The minimum Gasteiger partial charge on any atom is -0.381 e. The van der Waals surface area contributed by atoms with E-state index in [1.807, 2.05) is 6.07 Å². The van der Waals surface area contributed by atoms with Gasteiger partial charge in [0.05, 0.1) is 11.0 Å². The third kappa shape index (κ3) is 3.99. The van der Waals surface area contributed by atoms with Crippen LogP contribution in [0.15, 0.2) is 22.7 Å². The van der Waals surface area contributed by atoms with Gasteiger partial charge in [-0.15, -0.1) is 0 Å². The largest absolute Gasteiger partial charge is 0.381 e. The Balaban J connectivity index is 1.94. The molecular formula is C13H17BrN2O3. The second-order valence-corrected chi connectivity index (χ2v) is 5.74. The predicted octanol–water partition coefficient (Wildman–Crippen LogP) is 3.01. The average Bonchev–Trinajstić information content (AvgIpc) is 2.83. The van der Waals surface area contributed by atoms with Crippen molar-refractivity contribution < 1.29 is 9.66 Å². The van der Waals surface area contributed by atoms with E-state index >= 15 is 0 Å². The first kappa shape index (κ1) is 14.4. The highest BCUT2D eigenvalue weighted by Gasteiger charge is 2.23. The number of nitrogens with one attached hydrogen (secondary N) is 1. The summed E-state index contributed by atoms with van der Waals surface area (Å²) in [4.78, 5) is 10.4. The molecule has 2 unspecified atom stereocenters. The van der Waals surface area contributed by atoms with Gasteiger partial charge >= 0.3 is 0 Å². The fourth-order valence-electron chi connectivity index (χ4n) is 2.44. The zero-order valence-electron chi connectivity index (χ0n) is 10.8. The highest BCUT2D eigenvalue weighted by Crippen LogP contribution is 2.24. The third-order valence-electron chi connectivity index (χ3n) is 3.47. The van der Waals surface area contributed by atoms with Gasteiger partial charge in [0.15, 0.2) is 0 Å². The molecule has 1 aromatic rings. The van der Waals surface area contributed by atoms with E-state index in [-0.39, 0.29) is 10.6 Å². The fraction of sp³-hybridized carbons (Fsp3) is 0.538. The molecule has 1 aromatic carbocycles. The summed E-state index contributed by atoms with van der Waals surface area (Å²) in [5, 5.41) is 14.2. The first-order valence-corrected chi connectivity index (χ1v) is 7.08. The van der Waals surface area contributed by atoms with Crippen LogP contribution in [0.2, 0.25) is 0 Å². The molecule has 19 heavy (non-hydrogen) atoms. The highest BCUT2D eigenvalue weighted by molar-refractivity contribution is 9.10. The van der Waals surface area contributed by atoms with E-state index in [4.69, 9.17) is 4.74 Å². The van der Waals surface area contributed by atoms with Crippen LogP contribution in [-0.2, 0) is 11.3 Å². The maximum atomic E-state index is 10.8. The topological polar surface area (TPSA) is 64.4 Å². The van der Waals surface area contributed by atoms with Gasteiger partial charge in [0.25, 0.3) is 5.69 Å². The van der Waals surface area contributed by atoms with Crippen molar-refractivity contribution in [2.75, 3.05) is 7.11 Å². The number of benzene rings is 1. The Hall–Kier alpha value is -0.980. The Kier molecular flexibility index (Phi) is 4.90. The van der Waals surface area contributed by atoms with Gasteiger partial charge in [-0.05, 0) is 30.9 Å². The van der Waals surface area contributed by atoms with Crippen LogP contribution < -0.4 is 5.32 Å². The molecule has 1 aliphatic carbocycles. The zero-order chi connectivity index (χ0) is 13.8. The van der Waals surface area contributed by atoms with Crippen LogP contribution in [0.4, 0.5) is 5.69 Å². The van der Waals surface area contributed by atoms with E-state index < -0.39 is 0 Å². The lowest BCUT2D eigenvalue weighted by Crippen LogP contribution is -2.26. The van der Waals surface area contributed by atoms with Gasteiger partial charge in [-0.2, -0.15) is 0 Å². The van der Waals surface area contributed by atoms with Crippen molar-refractivity contribution in [2.24, 2.45) is 0 Å². The molecule has 1 N–H and O–H groups in total. The lowest BCUT2D eigenvalue weighted by Gasteiger charge is -2.13. The number of nitro groups is 1. The van der Waals surface area contributed by atoms with Crippen LogP contribution in [0.3, 0.4) is 0 Å². The number of nitrogens with zero attached hydrogens (tertiary/aromatic N) is 1. The monoisotopic (exact) mass is 328 g/mol. The Morgan fingerprint density at radius 3 is 2.89 bits per heavy atom. The van der Waals surface area contributed by atoms with E-state index in [9.17, 15) is 10.1 Å². The van der Waals surface area contributed by atoms with Crippen LogP contribution in [0.25, 0.3) is 0 Å². The van der Waals surface area contributed by atoms with Gasteiger partial charge in [-0.1, -0.05) is 15.9 Å². The summed E-state index contributed by atoms with van der Waals surface area (Å²) in [6.07, 6.45) is 3.52. The van der Waals surface area contributed by atoms with Crippen molar-refractivity contribution >= 4 is 21.6 Å². The summed E-state index contributed by atoms with van der Waals surface area (Å²) in [6.45, 7) is 0.640. The normalized spacial score (nSPS) is 22.6. The summed E-state index contributed by atoms with van der Waals surface area (Å²) >= 11 is 3.30. The summed E-state index contributed by atoms with van der Waals surface area (Å²) < 4.78 is 6.06. The lowest BCUT2D eigenvalue weighted by atomic mass is 10.1. The summed E-state index contributed by atoms with van der Waals surface area (Å²) in [5.74, 6) is 0. The number of non-ortho nitro benzene ring substituents is 1. The summed E-state index contributed by atoms with van der Waals surface area (Å²) in [6, 6.07) is 5.46. The molecule has 1 aliphatic rings. The Bertz CT molecular complexity index is 467. The number of hydrogen-bond acceptors (Lipinski definition) is 4. The van der Waals surface area contributed by atoms with E-state index in [0.717, 1.165) is 29.3 Å². The quantitative estimate of drug-likeness (QED) is 0.666. The second kappa shape index (κ2) is 6.45. The third-order valence-corrected chi connectivity index (χ3v) is 3.92. The maximum Gasteiger partial charge on any atom is 0.270 e. The molecule has 6 heteroatoms. The van der Waals surface area contributed by atoms with Gasteiger partial charge in [0.2, 0.25) is 0 Å². The Morgan fingerprint density at radius 1 is 1.47 bits per heavy atom. The molecule has 104 valence electrons. The van der Waals surface area contributed by atoms with Crippen molar-refractivity contribution in [2.45, 2.75) is 38.0 Å². The van der Waals surface area contributed by atoms with Crippen molar-refractivity contribution in [3.05, 3.63) is 38.3 Å². The standard InChI is InChI=1S/C13H17BrN2O3/c1-19-13-3-2-11(7-13)15-8-9-4-10(14)6-12(5-9)16(17)18/h4-6,11,13,15H,2-3,7-8H2,1H3. The average molecular weight is 329 g/mol. The summed E-state index contributed by atoms with van der Waals surface area (Å²) in [5.41, 5.74) is 1.04. The molecule has 5 nitrogen and oxygen atoms in total. The number of halogens is 1. The van der Waals surface area contributed by atoms with Crippen LogP contribution in [0.1, 0.15) is 24.8 Å². The molecule has 2 rings (SSSR count). The van der Waals surface area contributed by atoms with Gasteiger partial charge in [-0.25, -0.2) is 0 Å². The van der Waals surface area contributed by atoms with E-state index in [0.29, 0.717) is 18.7 Å². The second-order valence-electron chi connectivity index (χ2n) is 4.82. The number of hydrogen-bond donors (Lipinski definition) is 1. The zero-order valence-corrected chi connectivity index (χ0v) is 12.4. The Labute approximate surface area is 120 Å². The van der Waals surface area contributed by atoms with Crippen molar-refractivity contribution in [1.82, 2.24) is 5.32 Å². The maximum absolute atomic E-state index is 10.8. The van der Waals surface area contributed by atoms with Crippen molar-refractivity contribution in [3.63, 3.8) is 0 Å². The molecule has 0 radical (unpaired) electrons. The molecule has 0 saturated heterocycles. The smallest absolute Gasteiger partial charge is 0.270 e. The lowest BCUT2D eigenvalue weighted by molar-refractivity contribution is -0.385. The van der Waals surface area contributed by atoms with Crippen LogP contribution in [-0.4, -0.2) is 24.2 Å². The first-order chi connectivity index (χ1) is 9.08. The van der Waals surface area contributed by atoms with Gasteiger partial charge in [-0.3, -0.25) is 10.1 Å². The van der Waals surface area contributed by atoms with E-state index in [2.05, 4.69) is 21.2 Å². The molecule has 0 heterocycles. The van der Waals surface area contributed by atoms with Crippen LogP contribution in [0, 0.1) is 10.1 Å². The van der Waals surface area contributed by atoms with Gasteiger partial charge < -0.3 is 10.1 Å². The molecular weight excluding hydrogens is 312 g/mol. The molecule has 0 amide bonds. The molecule has 0 aromatic heterocycles. The van der Waals surface area contributed by atoms with Crippen molar-refractivity contribution in [1.29, 1.82) is 0 Å². The van der Waals surface area contributed by atoms with Crippen LogP contribution >= 0.6 is 15.9 Å². The molecule has 0 spiro atoms. The summed E-state index contributed by atoms with van der Waals surface area (Å²) in [7, 11) is 1.74. The number of ether oxygens (including phenoxy) is 1. The molecule has 0 aliphatic heterocycles. The first-order valence-electron chi connectivity index (χ1n) is 6.28. The fourth-order valence-corrected chi connectivity index (χ4v) is 2.97. The van der Waals surface area contributed by atoms with Crippen LogP contribution in [0.5, 0.6) is 0 Å². The highest BCUT2D eigenvalue weighted by atomic mass is 79.9. The number of rotatable bonds is 5. The SMILES string of the molecule is COC1CCC(NCc2cc(Br)cc([N+](=O)[O-])c2)C1. The number of methoxy groups -OCH3 is 1. The van der Waals surface area contributed by atoms with E-state index in [1.165, 1.54) is 6.07 Å². The molecule has 1 saturated carbocycles.